The van der Waals surface area contributed by atoms with Crippen LogP contribution < -0.4 is 0 Å². The number of terminal acetylenes is 1. The van der Waals surface area contributed by atoms with Gasteiger partial charge in [-0.3, -0.25) is 0 Å². The van der Waals surface area contributed by atoms with Crippen molar-refractivity contribution in [2.75, 3.05) is 0 Å². The van der Waals surface area contributed by atoms with Crippen LogP contribution in [0.5, 0.6) is 0 Å². The lowest BCUT2D eigenvalue weighted by Crippen LogP contribution is -2.08. The minimum absolute atomic E-state index is 0.593. The lowest BCUT2D eigenvalue weighted by atomic mass is 10.0. The molecule has 14 heavy (non-hydrogen) atoms. The van der Waals surface area contributed by atoms with E-state index in [-0.39, 0.29) is 0 Å². The number of aliphatic hydroxyl groups excluding tert-OH is 1. The summed E-state index contributed by atoms with van der Waals surface area (Å²) in [6.07, 6.45) is 4.82. The summed E-state index contributed by atoms with van der Waals surface area (Å²) in [5, 5.41) is 9.40. The maximum Gasteiger partial charge on any atom is 0.143 e. The van der Waals surface area contributed by atoms with Crippen LogP contribution in [-0.4, -0.2) is 11.2 Å². The molecule has 0 amide bonds. The molecule has 0 aliphatic heterocycles. The molecule has 0 bridgehead atoms. The highest BCUT2D eigenvalue weighted by Gasteiger charge is 2.06. The molecule has 1 rings (SSSR count). The van der Waals surface area contributed by atoms with Gasteiger partial charge in [0.1, 0.15) is 6.10 Å². The monoisotopic (exact) mass is 184 g/mol. The van der Waals surface area contributed by atoms with E-state index in [1.165, 1.54) is 0 Å². The summed E-state index contributed by atoms with van der Waals surface area (Å²) in [4.78, 5) is 0. The third-order valence-electron chi connectivity index (χ3n) is 1.95. The Balaban J connectivity index is 2.79. The highest BCUT2D eigenvalue weighted by atomic mass is 16.3. The minimum Gasteiger partial charge on any atom is -0.376 e. The second-order valence-electron chi connectivity index (χ2n) is 2.93. The van der Waals surface area contributed by atoms with E-state index >= 15 is 0 Å². The van der Waals surface area contributed by atoms with Gasteiger partial charge in [0.2, 0.25) is 0 Å². The number of rotatable bonds is 3. The van der Waals surface area contributed by atoms with Gasteiger partial charge in [0.25, 0.3) is 0 Å². The molecule has 1 heteroatoms. The summed E-state index contributed by atoms with van der Waals surface area (Å²) in [6.45, 7) is 3.51. The summed E-state index contributed by atoms with van der Waals surface area (Å²) in [5.41, 5.74) is 4.40. The highest BCUT2D eigenvalue weighted by Crippen LogP contribution is 2.09. The fraction of sp³-hybridized carbons (Fsp3) is 0.154. The summed E-state index contributed by atoms with van der Waals surface area (Å²) in [6, 6.07) is 9.77. The van der Waals surface area contributed by atoms with Gasteiger partial charge in [0, 0.05) is 12.0 Å². The van der Waals surface area contributed by atoms with Crippen LogP contribution in [0.25, 0.3) is 0 Å². The Bertz CT molecular complexity index is 377. The van der Waals surface area contributed by atoms with Crippen molar-refractivity contribution < 1.29 is 5.11 Å². The normalized spacial score (nSPS) is 11.1. The molecule has 0 radical (unpaired) electrons. The molecule has 70 valence electrons. The number of hydrogen-bond acceptors (Lipinski definition) is 1. The fourth-order valence-electron chi connectivity index (χ4n) is 1.17. The molecule has 0 heterocycles. The van der Waals surface area contributed by atoms with Crippen LogP contribution in [0.2, 0.25) is 0 Å². The maximum atomic E-state index is 9.40. The first-order valence-electron chi connectivity index (χ1n) is 4.35. The first-order chi connectivity index (χ1) is 6.77. The van der Waals surface area contributed by atoms with Gasteiger partial charge in [-0.25, -0.2) is 0 Å². The molecule has 1 aromatic rings. The molecular formula is C13H12O. The third kappa shape index (κ3) is 2.64. The summed E-state index contributed by atoms with van der Waals surface area (Å²) in [7, 11) is 0. The van der Waals surface area contributed by atoms with Gasteiger partial charge >= 0.3 is 0 Å². The van der Waals surface area contributed by atoms with E-state index in [1.54, 1.807) is 0 Å². The van der Waals surface area contributed by atoms with Gasteiger partial charge in [-0.15, -0.1) is 12.2 Å². The van der Waals surface area contributed by atoms with E-state index in [2.05, 4.69) is 18.2 Å². The zero-order valence-electron chi connectivity index (χ0n) is 7.90. The van der Waals surface area contributed by atoms with Crippen molar-refractivity contribution in [1.82, 2.24) is 0 Å². The van der Waals surface area contributed by atoms with E-state index in [0.29, 0.717) is 12.0 Å². The van der Waals surface area contributed by atoms with Crippen LogP contribution in [-0.2, 0) is 6.42 Å². The Kier molecular flexibility index (Phi) is 3.76. The van der Waals surface area contributed by atoms with Crippen LogP contribution >= 0.6 is 0 Å². The number of aliphatic hydroxyl groups is 1. The van der Waals surface area contributed by atoms with Crippen molar-refractivity contribution in [3.8, 4) is 12.3 Å². The Morgan fingerprint density at radius 2 is 2.07 bits per heavy atom. The van der Waals surface area contributed by atoms with Crippen LogP contribution in [0.3, 0.4) is 0 Å². The topological polar surface area (TPSA) is 20.2 Å². The van der Waals surface area contributed by atoms with Gasteiger partial charge in [-0.05, 0) is 5.56 Å². The highest BCUT2D eigenvalue weighted by molar-refractivity contribution is 5.26. The van der Waals surface area contributed by atoms with Crippen molar-refractivity contribution in [3.05, 3.63) is 53.8 Å². The first-order valence-corrected chi connectivity index (χ1v) is 4.35. The molecule has 0 aliphatic carbocycles. The molecule has 0 fully saturated rings. The molecule has 0 saturated heterocycles. The van der Waals surface area contributed by atoms with E-state index in [4.69, 9.17) is 6.42 Å². The molecule has 1 N–H and O–H groups in total. The molecule has 1 unspecified atom stereocenters. The van der Waals surface area contributed by atoms with Crippen molar-refractivity contribution in [2.24, 2.45) is 0 Å². The van der Waals surface area contributed by atoms with E-state index in [0.717, 1.165) is 5.56 Å². The fourth-order valence-corrected chi connectivity index (χ4v) is 1.17. The zero-order chi connectivity index (χ0) is 10.4. The smallest absolute Gasteiger partial charge is 0.143 e. The van der Waals surface area contributed by atoms with Crippen molar-refractivity contribution in [3.63, 3.8) is 0 Å². The quantitative estimate of drug-likeness (QED) is 0.562. The summed E-state index contributed by atoms with van der Waals surface area (Å²) < 4.78 is 0. The SMILES string of the molecule is C#CC(O)C(=C=C)Cc1ccccc1. The second-order valence-corrected chi connectivity index (χ2v) is 2.93. The Morgan fingerprint density at radius 3 is 2.57 bits per heavy atom. The van der Waals surface area contributed by atoms with E-state index in [1.807, 2.05) is 30.3 Å². The van der Waals surface area contributed by atoms with Crippen LogP contribution in [0.4, 0.5) is 0 Å². The average Bonchev–Trinajstić information content (AvgIpc) is 2.26. The van der Waals surface area contributed by atoms with Gasteiger partial charge in [0.05, 0.1) is 0 Å². The third-order valence-corrected chi connectivity index (χ3v) is 1.95. The Hall–Kier alpha value is -1.74. The van der Waals surface area contributed by atoms with Gasteiger partial charge < -0.3 is 5.11 Å². The molecule has 0 aromatic heterocycles. The lowest BCUT2D eigenvalue weighted by Gasteiger charge is -2.06. The standard InChI is InChI=1S/C13H12O/c1-3-12(13(14)4-2)10-11-8-6-5-7-9-11/h2,5-9,13-14H,1,10H2. The van der Waals surface area contributed by atoms with Crippen LogP contribution in [0.1, 0.15) is 5.56 Å². The Morgan fingerprint density at radius 1 is 1.43 bits per heavy atom. The Labute approximate surface area is 84.4 Å². The predicted octanol–water partition coefficient (Wildman–Crippen LogP) is 1.93. The molecule has 1 atom stereocenters. The van der Waals surface area contributed by atoms with Crippen molar-refractivity contribution in [2.45, 2.75) is 12.5 Å². The zero-order valence-corrected chi connectivity index (χ0v) is 7.90. The van der Waals surface area contributed by atoms with E-state index in [9.17, 15) is 5.11 Å². The number of benzene rings is 1. The van der Waals surface area contributed by atoms with Crippen LogP contribution in [0.15, 0.2) is 48.2 Å². The molecule has 0 saturated carbocycles. The summed E-state index contributed by atoms with van der Waals surface area (Å²) >= 11 is 0. The van der Waals surface area contributed by atoms with Crippen molar-refractivity contribution >= 4 is 0 Å². The predicted molar refractivity (Wildman–Crippen MR) is 57.6 cm³/mol. The van der Waals surface area contributed by atoms with Crippen LogP contribution in [0, 0.1) is 12.3 Å². The van der Waals surface area contributed by atoms with Gasteiger partial charge in [-0.1, -0.05) is 42.8 Å². The second kappa shape index (κ2) is 5.09. The minimum atomic E-state index is -0.882. The maximum absolute atomic E-state index is 9.40. The molecule has 0 spiro atoms. The van der Waals surface area contributed by atoms with Crippen molar-refractivity contribution in [1.29, 1.82) is 0 Å². The first kappa shape index (κ1) is 10.3. The molecule has 1 aromatic carbocycles. The molecular weight excluding hydrogens is 172 g/mol. The van der Waals surface area contributed by atoms with Gasteiger partial charge in [0.15, 0.2) is 0 Å². The number of hydrogen-bond donors (Lipinski definition) is 1. The largest absolute Gasteiger partial charge is 0.376 e. The summed E-state index contributed by atoms with van der Waals surface area (Å²) in [5.74, 6) is 2.25. The molecule has 0 aliphatic rings. The average molecular weight is 184 g/mol. The lowest BCUT2D eigenvalue weighted by molar-refractivity contribution is 0.266. The van der Waals surface area contributed by atoms with Gasteiger partial charge in [-0.2, -0.15) is 0 Å². The molecule has 1 nitrogen and oxygen atoms in total. The van der Waals surface area contributed by atoms with E-state index < -0.39 is 6.10 Å².